The summed E-state index contributed by atoms with van der Waals surface area (Å²) in [6.45, 7) is 4.41. The average molecular weight is 339 g/mol. The van der Waals surface area contributed by atoms with E-state index in [1.165, 1.54) is 12.1 Å². The van der Waals surface area contributed by atoms with E-state index in [9.17, 15) is 9.50 Å². The Morgan fingerprint density at radius 1 is 1.48 bits per heavy atom. The molecule has 1 aliphatic heterocycles. The Kier molecular flexibility index (Phi) is 4.94. The van der Waals surface area contributed by atoms with Crippen LogP contribution in [0.4, 0.5) is 4.39 Å². The Balaban J connectivity index is 1.68. The molecule has 1 aromatic carbocycles. The minimum Gasteiger partial charge on any atom is -0.393 e. The molecule has 2 heterocycles. The zero-order chi connectivity index (χ0) is 16.4. The second-order valence-electron chi connectivity index (χ2n) is 6.13. The SMILES string of the molecule is C[C@H](O)[C@@H]1CCCN(Cc2cn(-c3ccc(F)c(Cl)c3)nn2)C1. The van der Waals surface area contributed by atoms with Crippen LogP contribution < -0.4 is 0 Å². The van der Waals surface area contributed by atoms with E-state index in [4.69, 9.17) is 11.6 Å². The molecule has 1 saturated heterocycles. The van der Waals surface area contributed by atoms with Gasteiger partial charge < -0.3 is 5.11 Å². The Bertz CT molecular complexity index is 676. The molecule has 1 fully saturated rings. The maximum atomic E-state index is 13.2. The van der Waals surface area contributed by atoms with E-state index < -0.39 is 5.82 Å². The van der Waals surface area contributed by atoms with E-state index in [1.54, 1.807) is 10.7 Å². The molecule has 0 spiro atoms. The van der Waals surface area contributed by atoms with E-state index in [-0.39, 0.29) is 11.1 Å². The van der Waals surface area contributed by atoms with Gasteiger partial charge in [0.25, 0.3) is 0 Å². The molecule has 0 radical (unpaired) electrons. The number of aliphatic hydroxyl groups excluding tert-OH is 1. The average Bonchev–Trinajstić information content (AvgIpc) is 2.99. The van der Waals surface area contributed by atoms with Crippen LogP contribution in [0.1, 0.15) is 25.5 Å². The predicted octanol–water partition coefficient (Wildman–Crippen LogP) is 2.65. The zero-order valence-corrected chi connectivity index (χ0v) is 13.7. The smallest absolute Gasteiger partial charge is 0.141 e. The van der Waals surface area contributed by atoms with Crippen LogP contribution in [0.25, 0.3) is 5.69 Å². The van der Waals surface area contributed by atoms with E-state index in [0.717, 1.165) is 31.6 Å². The van der Waals surface area contributed by atoms with Crippen LogP contribution in [0.15, 0.2) is 24.4 Å². The number of piperidine rings is 1. The molecule has 124 valence electrons. The van der Waals surface area contributed by atoms with Crippen molar-refractivity contribution in [3.05, 3.63) is 40.9 Å². The molecule has 0 aliphatic carbocycles. The van der Waals surface area contributed by atoms with Gasteiger partial charge in [0.2, 0.25) is 0 Å². The molecule has 0 amide bonds. The molecule has 2 aromatic rings. The van der Waals surface area contributed by atoms with Gasteiger partial charge in [-0.15, -0.1) is 5.10 Å². The van der Waals surface area contributed by atoms with Gasteiger partial charge >= 0.3 is 0 Å². The van der Waals surface area contributed by atoms with Crippen molar-refractivity contribution in [2.75, 3.05) is 13.1 Å². The molecular formula is C16H20ClFN4O. The van der Waals surface area contributed by atoms with Crippen LogP contribution in [-0.2, 0) is 6.54 Å². The minimum absolute atomic E-state index is 0.0651. The molecule has 23 heavy (non-hydrogen) atoms. The highest BCUT2D eigenvalue weighted by Crippen LogP contribution is 2.22. The van der Waals surface area contributed by atoms with Gasteiger partial charge in [0.1, 0.15) is 5.82 Å². The number of hydrogen-bond acceptors (Lipinski definition) is 4. The fourth-order valence-corrected chi connectivity index (χ4v) is 3.16. The van der Waals surface area contributed by atoms with Crippen LogP contribution in [0, 0.1) is 11.7 Å². The van der Waals surface area contributed by atoms with Gasteiger partial charge in [0, 0.05) is 13.1 Å². The first-order valence-corrected chi connectivity index (χ1v) is 8.18. The summed E-state index contributed by atoms with van der Waals surface area (Å²) < 4.78 is 14.8. The molecule has 0 saturated carbocycles. The number of benzene rings is 1. The molecule has 1 aromatic heterocycles. The third-order valence-corrected chi connectivity index (χ3v) is 4.61. The topological polar surface area (TPSA) is 54.2 Å². The van der Waals surface area contributed by atoms with Crippen molar-refractivity contribution in [2.45, 2.75) is 32.4 Å². The Morgan fingerprint density at radius 2 is 2.30 bits per heavy atom. The standard InChI is InChI=1S/C16H20ClFN4O/c1-11(23)12-3-2-6-21(8-12)9-13-10-22(20-19-13)14-4-5-16(18)15(17)7-14/h4-5,7,10-12,23H,2-3,6,8-9H2,1H3/t11-,12+/m0/s1. The molecule has 1 aliphatic rings. The van der Waals surface area contributed by atoms with Gasteiger partial charge in [-0.3, -0.25) is 4.90 Å². The molecule has 7 heteroatoms. The Morgan fingerprint density at radius 3 is 3.04 bits per heavy atom. The van der Waals surface area contributed by atoms with Crippen molar-refractivity contribution in [1.82, 2.24) is 19.9 Å². The summed E-state index contributed by atoms with van der Waals surface area (Å²) in [6, 6.07) is 4.46. The fraction of sp³-hybridized carbons (Fsp3) is 0.500. The zero-order valence-electron chi connectivity index (χ0n) is 13.0. The third-order valence-electron chi connectivity index (χ3n) is 4.32. The van der Waals surface area contributed by atoms with E-state index in [0.29, 0.717) is 18.2 Å². The molecule has 0 unspecified atom stereocenters. The molecule has 0 bridgehead atoms. The largest absolute Gasteiger partial charge is 0.393 e. The summed E-state index contributed by atoms with van der Waals surface area (Å²) in [5.41, 5.74) is 1.52. The highest BCUT2D eigenvalue weighted by atomic mass is 35.5. The first-order chi connectivity index (χ1) is 11.0. The van der Waals surface area contributed by atoms with Crippen LogP contribution >= 0.6 is 11.6 Å². The van der Waals surface area contributed by atoms with Crippen molar-refractivity contribution >= 4 is 11.6 Å². The summed E-state index contributed by atoms with van der Waals surface area (Å²) in [5, 5.41) is 18.1. The number of halogens is 2. The first-order valence-electron chi connectivity index (χ1n) is 7.80. The van der Waals surface area contributed by atoms with Gasteiger partial charge in [-0.05, 0) is 50.4 Å². The molecule has 2 atom stereocenters. The van der Waals surface area contributed by atoms with Gasteiger partial charge in [-0.1, -0.05) is 16.8 Å². The van der Waals surface area contributed by atoms with Crippen molar-refractivity contribution in [3.63, 3.8) is 0 Å². The number of aliphatic hydroxyl groups is 1. The van der Waals surface area contributed by atoms with Crippen LogP contribution in [-0.4, -0.2) is 44.2 Å². The quantitative estimate of drug-likeness (QED) is 0.931. The predicted molar refractivity (Wildman–Crippen MR) is 86.0 cm³/mol. The lowest BCUT2D eigenvalue weighted by Crippen LogP contribution is -2.39. The van der Waals surface area contributed by atoms with E-state index in [1.807, 2.05) is 13.1 Å². The summed E-state index contributed by atoms with van der Waals surface area (Å²) in [6.07, 6.45) is 3.69. The number of hydrogen-bond donors (Lipinski definition) is 1. The Hall–Kier alpha value is -1.50. The second kappa shape index (κ2) is 6.95. The summed E-state index contributed by atoms with van der Waals surface area (Å²) in [4.78, 5) is 2.28. The van der Waals surface area contributed by atoms with Crippen molar-refractivity contribution < 1.29 is 9.50 Å². The lowest BCUT2D eigenvalue weighted by Gasteiger charge is -2.33. The summed E-state index contributed by atoms with van der Waals surface area (Å²) in [7, 11) is 0. The van der Waals surface area contributed by atoms with Gasteiger partial charge in [0.05, 0.1) is 28.7 Å². The number of aromatic nitrogens is 3. The Labute approximate surface area is 139 Å². The summed E-state index contributed by atoms with van der Waals surface area (Å²) in [5.74, 6) is -0.136. The monoisotopic (exact) mass is 338 g/mol. The van der Waals surface area contributed by atoms with Crippen molar-refractivity contribution in [1.29, 1.82) is 0 Å². The van der Waals surface area contributed by atoms with Gasteiger partial charge in [0.15, 0.2) is 0 Å². The number of nitrogens with zero attached hydrogens (tertiary/aromatic N) is 4. The minimum atomic E-state index is -0.451. The van der Waals surface area contributed by atoms with E-state index >= 15 is 0 Å². The molecule has 5 nitrogen and oxygen atoms in total. The van der Waals surface area contributed by atoms with Crippen molar-refractivity contribution in [2.24, 2.45) is 5.92 Å². The van der Waals surface area contributed by atoms with Crippen molar-refractivity contribution in [3.8, 4) is 5.69 Å². The summed E-state index contributed by atoms with van der Waals surface area (Å²) >= 11 is 5.80. The maximum absolute atomic E-state index is 13.2. The molecule has 1 N–H and O–H groups in total. The molecular weight excluding hydrogens is 319 g/mol. The van der Waals surface area contributed by atoms with E-state index in [2.05, 4.69) is 15.2 Å². The lowest BCUT2D eigenvalue weighted by molar-refractivity contribution is 0.0594. The third kappa shape index (κ3) is 3.88. The fourth-order valence-electron chi connectivity index (χ4n) is 2.98. The highest BCUT2D eigenvalue weighted by Gasteiger charge is 2.24. The maximum Gasteiger partial charge on any atom is 0.141 e. The second-order valence-corrected chi connectivity index (χ2v) is 6.54. The van der Waals surface area contributed by atoms with Gasteiger partial charge in [-0.2, -0.15) is 0 Å². The molecule has 3 rings (SSSR count). The van der Waals surface area contributed by atoms with Crippen LogP contribution in [0.3, 0.4) is 0 Å². The number of likely N-dealkylation sites (tertiary alicyclic amines) is 1. The van der Waals surface area contributed by atoms with Crippen LogP contribution in [0.5, 0.6) is 0 Å². The normalized spacial score (nSPS) is 20.6. The first kappa shape index (κ1) is 16.4. The highest BCUT2D eigenvalue weighted by molar-refractivity contribution is 6.30. The lowest BCUT2D eigenvalue weighted by atomic mass is 9.93. The van der Waals surface area contributed by atoms with Crippen LogP contribution in [0.2, 0.25) is 5.02 Å². The van der Waals surface area contributed by atoms with Gasteiger partial charge in [-0.25, -0.2) is 9.07 Å². The number of rotatable bonds is 4.